The maximum Gasteiger partial charge on any atom is 0.254 e. The van der Waals surface area contributed by atoms with Crippen molar-refractivity contribution in [2.45, 2.75) is 31.3 Å². The van der Waals surface area contributed by atoms with Gasteiger partial charge in [0.25, 0.3) is 5.91 Å². The largest absolute Gasteiger partial charge is 0.381 e. The highest BCUT2D eigenvalue weighted by atomic mass is 19.1. The molecule has 1 saturated heterocycles. The Morgan fingerprint density at radius 2 is 1.87 bits per heavy atom. The van der Waals surface area contributed by atoms with E-state index in [1.807, 2.05) is 18.2 Å². The summed E-state index contributed by atoms with van der Waals surface area (Å²) >= 11 is 0. The first-order valence-corrected chi connectivity index (χ1v) is 10.5. The number of nitrogens with zero attached hydrogens (tertiary/aromatic N) is 2. The lowest BCUT2D eigenvalue weighted by Gasteiger charge is -2.40. The van der Waals surface area contributed by atoms with Gasteiger partial charge in [-0.1, -0.05) is 42.5 Å². The lowest BCUT2D eigenvalue weighted by atomic mass is 9.88. The van der Waals surface area contributed by atoms with E-state index in [0.29, 0.717) is 31.0 Å². The van der Waals surface area contributed by atoms with E-state index in [4.69, 9.17) is 4.74 Å². The van der Waals surface area contributed by atoms with Crippen molar-refractivity contribution in [2.75, 3.05) is 19.8 Å². The van der Waals surface area contributed by atoms with Crippen molar-refractivity contribution < 1.29 is 13.9 Å². The van der Waals surface area contributed by atoms with Crippen LogP contribution in [0.5, 0.6) is 0 Å². The van der Waals surface area contributed by atoms with Gasteiger partial charge < -0.3 is 15.4 Å². The molecule has 1 atom stereocenters. The zero-order valence-corrected chi connectivity index (χ0v) is 17.6. The van der Waals surface area contributed by atoms with Crippen LogP contribution in [0.25, 0.3) is 5.69 Å². The molecule has 6 nitrogen and oxygen atoms in total. The first-order chi connectivity index (χ1) is 15.1. The minimum atomic E-state index is -0.391. The van der Waals surface area contributed by atoms with Crippen LogP contribution in [-0.4, -0.2) is 41.0 Å². The fourth-order valence-electron chi connectivity index (χ4n) is 3.98. The third-order valence-corrected chi connectivity index (χ3v) is 5.80. The van der Waals surface area contributed by atoms with Crippen LogP contribution in [0.4, 0.5) is 4.39 Å². The standard InChI is InChI=1S/C24H27FN4O2/c1-18(19-7-3-2-4-8-19)28-24(11-13-31-14-12-24)17-26-23(30)20-15-27-29(16-20)22-10-6-5-9-21(22)25/h2-10,15-16,18,28H,11-14,17H2,1H3,(H,26,30). The Morgan fingerprint density at radius 1 is 1.16 bits per heavy atom. The van der Waals surface area contributed by atoms with Crippen molar-refractivity contribution in [3.63, 3.8) is 0 Å². The number of nitrogens with one attached hydrogen (secondary N) is 2. The van der Waals surface area contributed by atoms with E-state index in [-0.39, 0.29) is 17.5 Å². The van der Waals surface area contributed by atoms with Crippen molar-refractivity contribution in [1.29, 1.82) is 0 Å². The Bertz CT molecular complexity index is 1020. The van der Waals surface area contributed by atoms with E-state index in [9.17, 15) is 9.18 Å². The van der Waals surface area contributed by atoms with Crippen LogP contribution < -0.4 is 10.6 Å². The van der Waals surface area contributed by atoms with Gasteiger partial charge in [-0.3, -0.25) is 4.79 Å². The lowest BCUT2D eigenvalue weighted by Crippen LogP contribution is -2.57. The number of aromatic nitrogens is 2. The number of hydrogen-bond donors (Lipinski definition) is 2. The molecule has 1 aliphatic heterocycles. The molecule has 0 bridgehead atoms. The topological polar surface area (TPSA) is 68.2 Å². The van der Waals surface area contributed by atoms with Crippen LogP contribution in [0.3, 0.4) is 0 Å². The average molecular weight is 423 g/mol. The number of carbonyl (C=O) groups is 1. The predicted octanol–water partition coefficient (Wildman–Crippen LogP) is 3.64. The Kier molecular flexibility index (Phi) is 6.44. The normalized spacial score (nSPS) is 16.6. The van der Waals surface area contributed by atoms with Gasteiger partial charge in [-0.25, -0.2) is 9.07 Å². The number of benzene rings is 2. The zero-order chi connectivity index (χ0) is 21.7. The summed E-state index contributed by atoms with van der Waals surface area (Å²) in [5.74, 6) is -0.625. The molecule has 2 N–H and O–H groups in total. The van der Waals surface area contributed by atoms with E-state index < -0.39 is 5.82 Å². The van der Waals surface area contributed by atoms with Crippen LogP contribution in [0.1, 0.15) is 41.7 Å². The number of para-hydroxylation sites is 1. The molecular weight excluding hydrogens is 395 g/mol. The Labute approximate surface area is 181 Å². The highest BCUT2D eigenvalue weighted by molar-refractivity contribution is 5.93. The lowest BCUT2D eigenvalue weighted by molar-refractivity contribution is 0.0332. The highest BCUT2D eigenvalue weighted by Gasteiger charge is 2.34. The van der Waals surface area contributed by atoms with Gasteiger partial charge in [0.1, 0.15) is 11.5 Å². The van der Waals surface area contributed by atoms with Crippen molar-refractivity contribution >= 4 is 5.91 Å². The summed E-state index contributed by atoms with van der Waals surface area (Å²) in [5.41, 5.74) is 1.64. The van der Waals surface area contributed by atoms with Crippen molar-refractivity contribution in [1.82, 2.24) is 20.4 Å². The Balaban J connectivity index is 1.44. The van der Waals surface area contributed by atoms with Crippen LogP contribution >= 0.6 is 0 Å². The second-order valence-electron chi connectivity index (χ2n) is 7.98. The van der Waals surface area contributed by atoms with Crippen LogP contribution in [0, 0.1) is 5.82 Å². The summed E-state index contributed by atoms with van der Waals surface area (Å²) in [4.78, 5) is 12.8. The number of halogens is 1. The molecule has 162 valence electrons. The van der Waals surface area contributed by atoms with Gasteiger partial charge in [-0.05, 0) is 37.5 Å². The van der Waals surface area contributed by atoms with Gasteiger partial charge in [-0.15, -0.1) is 0 Å². The number of carbonyl (C=O) groups excluding carboxylic acids is 1. The first kappa shape index (κ1) is 21.2. The van der Waals surface area contributed by atoms with Gasteiger partial charge >= 0.3 is 0 Å². The maximum atomic E-state index is 14.0. The minimum absolute atomic E-state index is 0.139. The van der Waals surface area contributed by atoms with E-state index in [2.05, 4.69) is 34.8 Å². The molecule has 31 heavy (non-hydrogen) atoms. The van der Waals surface area contributed by atoms with Crippen molar-refractivity contribution in [2.24, 2.45) is 0 Å². The highest BCUT2D eigenvalue weighted by Crippen LogP contribution is 2.25. The van der Waals surface area contributed by atoms with Gasteiger partial charge in [-0.2, -0.15) is 5.10 Å². The molecule has 1 aromatic heterocycles. The van der Waals surface area contributed by atoms with E-state index in [0.717, 1.165) is 12.8 Å². The molecule has 0 aliphatic carbocycles. The number of rotatable bonds is 7. The Morgan fingerprint density at radius 3 is 2.61 bits per heavy atom. The summed E-state index contributed by atoms with van der Waals surface area (Å²) < 4.78 is 21.0. The molecule has 1 fully saturated rings. The molecule has 7 heteroatoms. The van der Waals surface area contributed by atoms with Crippen LogP contribution in [0.15, 0.2) is 67.0 Å². The maximum absolute atomic E-state index is 14.0. The van der Waals surface area contributed by atoms with Gasteiger partial charge in [0.05, 0.1) is 11.8 Å². The summed E-state index contributed by atoms with van der Waals surface area (Å²) in [5, 5.41) is 10.9. The molecule has 1 aliphatic rings. The molecule has 2 heterocycles. The molecule has 2 aromatic carbocycles. The molecule has 1 unspecified atom stereocenters. The molecule has 0 spiro atoms. The second-order valence-corrected chi connectivity index (χ2v) is 7.98. The molecule has 0 saturated carbocycles. The summed E-state index contributed by atoms with van der Waals surface area (Å²) in [6, 6.07) is 16.7. The number of amides is 1. The second kappa shape index (κ2) is 9.41. The summed E-state index contributed by atoms with van der Waals surface area (Å²) in [6.45, 7) is 3.90. The van der Waals surface area contributed by atoms with Gasteiger partial charge in [0.15, 0.2) is 0 Å². The molecule has 3 aromatic rings. The van der Waals surface area contributed by atoms with Gasteiger partial charge in [0.2, 0.25) is 0 Å². The third kappa shape index (κ3) is 5.00. The fourth-order valence-corrected chi connectivity index (χ4v) is 3.98. The summed E-state index contributed by atoms with van der Waals surface area (Å²) in [7, 11) is 0. The first-order valence-electron chi connectivity index (χ1n) is 10.5. The average Bonchev–Trinajstić information content (AvgIpc) is 3.29. The fraction of sp³-hybridized carbons (Fsp3) is 0.333. The number of hydrogen-bond acceptors (Lipinski definition) is 4. The summed E-state index contributed by atoms with van der Waals surface area (Å²) in [6.07, 6.45) is 4.61. The van der Waals surface area contributed by atoms with Crippen LogP contribution in [0.2, 0.25) is 0 Å². The quantitative estimate of drug-likeness (QED) is 0.610. The van der Waals surface area contributed by atoms with E-state index >= 15 is 0 Å². The van der Waals surface area contributed by atoms with Crippen molar-refractivity contribution in [3.8, 4) is 5.69 Å². The minimum Gasteiger partial charge on any atom is -0.381 e. The smallest absolute Gasteiger partial charge is 0.254 e. The number of ether oxygens (including phenoxy) is 1. The van der Waals surface area contributed by atoms with Crippen LogP contribution in [-0.2, 0) is 4.74 Å². The monoisotopic (exact) mass is 422 g/mol. The molecule has 0 radical (unpaired) electrons. The van der Waals surface area contributed by atoms with E-state index in [1.54, 1.807) is 24.4 Å². The molecule has 1 amide bonds. The van der Waals surface area contributed by atoms with E-state index in [1.165, 1.54) is 22.5 Å². The van der Waals surface area contributed by atoms with Crippen molar-refractivity contribution in [3.05, 3.63) is 83.9 Å². The SMILES string of the molecule is CC(NC1(CNC(=O)c2cnn(-c3ccccc3F)c2)CCOCC1)c1ccccc1. The van der Waals surface area contributed by atoms with Gasteiger partial charge in [0, 0.05) is 37.5 Å². The molecule has 4 rings (SSSR count). The zero-order valence-electron chi connectivity index (χ0n) is 17.6. The predicted molar refractivity (Wildman–Crippen MR) is 117 cm³/mol. The Hall–Kier alpha value is -3.03. The third-order valence-electron chi connectivity index (χ3n) is 5.80. The molecular formula is C24H27FN4O2.